The molecule has 0 heterocycles. The van der Waals surface area contributed by atoms with Crippen LogP contribution in [0.4, 0.5) is 0 Å². The summed E-state index contributed by atoms with van der Waals surface area (Å²) in [6.45, 7) is 4.70. The first-order chi connectivity index (χ1) is 8.76. The summed E-state index contributed by atoms with van der Waals surface area (Å²) in [6, 6.07) is 9.79. The van der Waals surface area contributed by atoms with E-state index in [4.69, 9.17) is 9.47 Å². The van der Waals surface area contributed by atoms with E-state index in [0.717, 1.165) is 24.4 Å². The third kappa shape index (κ3) is 5.62. The van der Waals surface area contributed by atoms with Crippen LogP contribution < -0.4 is 10.1 Å². The highest BCUT2D eigenvalue weighted by Gasteiger charge is 2.06. The highest BCUT2D eigenvalue weighted by Crippen LogP contribution is 2.12. The molecule has 1 aromatic carbocycles. The molecule has 0 aromatic heterocycles. The molecule has 18 heavy (non-hydrogen) atoms. The molecule has 1 N–H and O–H groups in total. The van der Waals surface area contributed by atoms with Gasteiger partial charge in [-0.1, -0.05) is 25.1 Å². The normalized spacial score (nSPS) is 12.9. The van der Waals surface area contributed by atoms with Crippen LogP contribution >= 0.6 is 0 Å². The molecule has 0 aliphatic carbocycles. The lowest BCUT2D eigenvalue weighted by Gasteiger charge is -2.17. The third-order valence-electron chi connectivity index (χ3n) is 2.38. The van der Waals surface area contributed by atoms with Crippen molar-refractivity contribution in [3.8, 4) is 5.75 Å². The lowest BCUT2D eigenvalue weighted by atomic mass is 10.3. The van der Waals surface area contributed by atoms with Gasteiger partial charge < -0.3 is 14.8 Å². The van der Waals surface area contributed by atoms with Gasteiger partial charge in [-0.3, -0.25) is 0 Å². The summed E-state index contributed by atoms with van der Waals surface area (Å²) < 4.78 is 11.5. The third-order valence-corrected chi connectivity index (χ3v) is 2.38. The van der Waals surface area contributed by atoms with E-state index in [0.29, 0.717) is 6.61 Å². The summed E-state index contributed by atoms with van der Waals surface area (Å²) in [6.07, 6.45) is 3.95. The average molecular weight is 249 g/mol. The maximum Gasteiger partial charge on any atom is 0.129 e. The summed E-state index contributed by atoms with van der Waals surface area (Å²) in [7, 11) is 1.88. The fourth-order valence-corrected chi connectivity index (χ4v) is 1.60. The van der Waals surface area contributed by atoms with Gasteiger partial charge in [0, 0.05) is 19.7 Å². The van der Waals surface area contributed by atoms with Gasteiger partial charge in [-0.25, -0.2) is 0 Å². The number of nitrogens with one attached hydrogen (secondary N) is 1. The van der Waals surface area contributed by atoms with E-state index in [1.807, 2.05) is 50.5 Å². The Bertz CT molecular complexity index is 349. The molecular weight excluding hydrogens is 226 g/mol. The van der Waals surface area contributed by atoms with Crippen molar-refractivity contribution in [2.24, 2.45) is 0 Å². The smallest absolute Gasteiger partial charge is 0.129 e. The molecule has 0 aliphatic rings. The van der Waals surface area contributed by atoms with Crippen LogP contribution in [0.1, 0.15) is 26.7 Å². The monoisotopic (exact) mass is 249 g/mol. The van der Waals surface area contributed by atoms with Crippen molar-refractivity contribution in [2.75, 3.05) is 13.7 Å². The standard InChI is InChI=1S/C15H23NO2/c1-4-8-15(11-16-3)18-13(2)12-17-14-9-6-5-7-10-14/h5-7,9-11,13,16H,4,8,12H2,1-3H3. The average Bonchev–Trinajstić information content (AvgIpc) is 2.38. The molecule has 0 spiro atoms. The first-order valence-corrected chi connectivity index (χ1v) is 6.47. The predicted molar refractivity (Wildman–Crippen MR) is 74.5 cm³/mol. The van der Waals surface area contributed by atoms with E-state index in [1.54, 1.807) is 0 Å². The predicted octanol–water partition coefficient (Wildman–Crippen LogP) is 3.33. The maximum absolute atomic E-state index is 5.83. The molecule has 3 nitrogen and oxygen atoms in total. The SMILES string of the molecule is CCCC(=CNC)OC(C)COc1ccccc1. The van der Waals surface area contributed by atoms with Gasteiger partial charge in [0.25, 0.3) is 0 Å². The van der Waals surface area contributed by atoms with Gasteiger partial charge in [0.2, 0.25) is 0 Å². The summed E-state index contributed by atoms with van der Waals surface area (Å²) in [5.74, 6) is 1.85. The van der Waals surface area contributed by atoms with Crippen molar-refractivity contribution in [1.29, 1.82) is 0 Å². The lowest BCUT2D eigenvalue weighted by Crippen LogP contribution is -2.18. The van der Waals surface area contributed by atoms with Gasteiger partial charge in [0.1, 0.15) is 24.2 Å². The van der Waals surface area contributed by atoms with Crippen molar-refractivity contribution >= 4 is 0 Å². The fourth-order valence-electron chi connectivity index (χ4n) is 1.60. The zero-order valence-electron chi connectivity index (χ0n) is 11.5. The number of benzene rings is 1. The number of allylic oxidation sites excluding steroid dienone is 1. The van der Waals surface area contributed by atoms with Crippen LogP contribution in [0.3, 0.4) is 0 Å². The molecule has 0 amide bonds. The van der Waals surface area contributed by atoms with E-state index in [-0.39, 0.29) is 6.10 Å². The molecule has 1 unspecified atom stereocenters. The Kier molecular flexibility index (Phi) is 6.77. The number of hydrogen-bond donors (Lipinski definition) is 1. The van der Waals surface area contributed by atoms with Crippen LogP contribution in [0.15, 0.2) is 42.3 Å². The van der Waals surface area contributed by atoms with Gasteiger partial charge in [-0.2, -0.15) is 0 Å². The van der Waals surface area contributed by atoms with Crippen LogP contribution in [0, 0.1) is 0 Å². The first kappa shape index (κ1) is 14.4. The molecular formula is C15H23NO2. The lowest BCUT2D eigenvalue weighted by molar-refractivity contribution is 0.0760. The molecule has 0 saturated carbocycles. The van der Waals surface area contributed by atoms with E-state index < -0.39 is 0 Å². The van der Waals surface area contributed by atoms with E-state index in [2.05, 4.69) is 12.2 Å². The molecule has 0 fully saturated rings. The first-order valence-electron chi connectivity index (χ1n) is 6.47. The van der Waals surface area contributed by atoms with Crippen molar-refractivity contribution in [3.05, 3.63) is 42.3 Å². The van der Waals surface area contributed by atoms with Crippen molar-refractivity contribution in [3.63, 3.8) is 0 Å². The second-order valence-electron chi connectivity index (χ2n) is 4.20. The van der Waals surface area contributed by atoms with Crippen molar-refractivity contribution < 1.29 is 9.47 Å². The number of ether oxygens (including phenoxy) is 2. The van der Waals surface area contributed by atoms with Gasteiger partial charge >= 0.3 is 0 Å². The molecule has 1 atom stereocenters. The van der Waals surface area contributed by atoms with Crippen molar-refractivity contribution in [2.45, 2.75) is 32.8 Å². The van der Waals surface area contributed by atoms with Gasteiger partial charge in [-0.05, 0) is 25.5 Å². The second-order valence-corrected chi connectivity index (χ2v) is 4.20. The van der Waals surface area contributed by atoms with Crippen LogP contribution in [0.2, 0.25) is 0 Å². The van der Waals surface area contributed by atoms with Crippen LogP contribution in [-0.2, 0) is 4.74 Å². The highest BCUT2D eigenvalue weighted by molar-refractivity contribution is 5.20. The molecule has 0 saturated heterocycles. The van der Waals surface area contributed by atoms with E-state index in [9.17, 15) is 0 Å². The molecule has 0 bridgehead atoms. The molecule has 0 aliphatic heterocycles. The zero-order chi connectivity index (χ0) is 13.2. The maximum atomic E-state index is 5.83. The Morgan fingerprint density at radius 1 is 1.33 bits per heavy atom. The Morgan fingerprint density at radius 3 is 2.67 bits per heavy atom. The van der Waals surface area contributed by atoms with Gasteiger partial charge in [-0.15, -0.1) is 0 Å². The van der Waals surface area contributed by atoms with Gasteiger partial charge in [0.15, 0.2) is 0 Å². The molecule has 3 heteroatoms. The molecule has 0 radical (unpaired) electrons. The summed E-state index contributed by atoms with van der Waals surface area (Å²) in [5, 5.41) is 3.00. The topological polar surface area (TPSA) is 30.5 Å². The largest absolute Gasteiger partial charge is 0.490 e. The Hall–Kier alpha value is -1.64. The summed E-state index contributed by atoms with van der Waals surface area (Å²) >= 11 is 0. The molecule has 1 aromatic rings. The number of hydrogen-bond acceptors (Lipinski definition) is 3. The zero-order valence-corrected chi connectivity index (χ0v) is 11.5. The van der Waals surface area contributed by atoms with Gasteiger partial charge in [0.05, 0.1) is 0 Å². The second kappa shape index (κ2) is 8.45. The Labute approximate surface area is 110 Å². The van der Waals surface area contributed by atoms with E-state index >= 15 is 0 Å². The van der Waals surface area contributed by atoms with E-state index in [1.165, 1.54) is 0 Å². The Morgan fingerprint density at radius 2 is 2.06 bits per heavy atom. The van der Waals surface area contributed by atoms with Crippen LogP contribution in [-0.4, -0.2) is 19.8 Å². The fraction of sp³-hybridized carbons (Fsp3) is 0.467. The minimum absolute atomic E-state index is 0.0383. The quantitative estimate of drug-likeness (QED) is 0.717. The molecule has 100 valence electrons. The minimum atomic E-state index is 0.0383. The highest BCUT2D eigenvalue weighted by atomic mass is 16.5. The Balaban J connectivity index is 2.36. The summed E-state index contributed by atoms with van der Waals surface area (Å²) in [5.41, 5.74) is 0. The minimum Gasteiger partial charge on any atom is -0.490 e. The molecule has 1 rings (SSSR count). The van der Waals surface area contributed by atoms with Crippen LogP contribution in [0.5, 0.6) is 5.75 Å². The van der Waals surface area contributed by atoms with Crippen molar-refractivity contribution in [1.82, 2.24) is 5.32 Å². The number of para-hydroxylation sites is 1. The summed E-state index contributed by atoms with van der Waals surface area (Å²) in [4.78, 5) is 0. The number of rotatable bonds is 8. The van der Waals surface area contributed by atoms with Crippen LogP contribution in [0.25, 0.3) is 0 Å².